The number of hydrogen-bond acceptors (Lipinski definition) is 2. The standard InChI is InChI=1S/C14H13BrF3NO2/c1-21-12-8-10(15)2-3-11(12)13(20)19-6-4-9(5-7-19)14(16,17)18/h2-4,8H,5-7H2,1H3. The van der Waals surface area contributed by atoms with Crippen molar-refractivity contribution in [2.24, 2.45) is 0 Å². The molecule has 0 saturated heterocycles. The van der Waals surface area contributed by atoms with E-state index in [1.165, 1.54) is 12.0 Å². The molecule has 0 N–H and O–H groups in total. The summed E-state index contributed by atoms with van der Waals surface area (Å²) in [5, 5.41) is 0. The Labute approximate surface area is 128 Å². The highest BCUT2D eigenvalue weighted by atomic mass is 79.9. The van der Waals surface area contributed by atoms with Crippen LogP contribution >= 0.6 is 15.9 Å². The molecule has 0 atom stereocenters. The summed E-state index contributed by atoms with van der Waals surface area (Å²) < 4.78 is 43.6. The second-order valence-electron chi connectivity index (χ2n) is 4.57. The van der Waals surface area contributed by atoms with Crippen molar-refractivity contribution in [1.29, 1.82) is 0 Å². The van der Waals surface area contributed by atoms with Gasteiger partial charge in [-0.1, -0.05) is 22.0 Å². The molecule has 0 aliphatic carbocycles. The van der Waals surface area contributed by atoms with E-state index in [2.05, 4.69) is 15.9 Å². The fraction of sp³-hybridized carbons (Fsp3) is 0.357. The van der Waals surface area contributed by atoms with Crippen molar-refractivity contribution in [3.8, 4) is 5.75 Å². The number of carbonyl (C=O) groups excluding carboxylic acids is 1. The molecule has 114 valence electrons. The van der Waals surface area contributed by atoms with Crippen molar-refractivity contribution < 1.29 is 22.7 Å². The van der Waals surface area contributed by atoms with E-state index in [4.69, 9.17) is 4.74 Å². The number of halogens is 4. The van der Waals surface area contributed by atoms with Crippen LogP contribution in [0.4, 0.5) is 13.2 Å². The van der Waals surface area contributed by atoms with Gasteiger partial charge in [0, 0.05) is 23.1 Å². The maximum atomic E-state index is 12.6. The van der Waals surface area contributed by atoms with Crippen molar-refractivity contribution in [2.45, 2.75) is 12.6 Å². The van der Waals surface area contributed by atoms with Gasteiger partial charge in [0.25, 0.3) is 5.91 Å². The van der Waals surface area contributed by atoms with E-state index in [9.17, 15) is 18.0 Å². The lowest BCUT2D eigenvalue weighted by molar-refractivity contribution is -0.0957. The first-order chi connectivity index (χ1) is 9.82. The topological polar surface area (TPSA) is 29.5 Å². The Morgan fingerprint density at radius 3 is 2.62 bits per heavy atom. The summed E-state index contributed by atoms with van der Waals surface area (Å²) >= 11 is 3.27. The van der Waals surface area contributed by atoms with Crippen molar-refractivity contribution in [3.63, 3.8) is 0 Å². The smallest absolute Gasteiger partial charge is 0.412 e. The summed E-state index contributed by atoms with van der Waals surface area (Å²) in [5.74, 6) is 0.0526. The van der Waals surface area contributed by atoms with Gasteiger partial charge in [-0.2, -0.15) is 13.2 Å². The van der Waals surface area contributed by atoms with Gasteiger partial charge in [-0.25, -0.2) is 0 Å². The number of hydrogen-bond donors (Lipinski definition) is 0. The molecule has 0 bridgehead atoms. The maximum absolute atomic E-state index is 12.6. The molecular formula is C14H13BrF3NO2. The number of alkyl halides is 3. The summed E-state index contributed by atoms with van der Waals surface area (Å²) in [5.41, 5.74) is -0.237. The molecule has 0 saturated carbocycles. The van der Waals surface area contributed by atoms with Gasteiger partial charge in [-0.3, -0.25) is 4.79 Å². The average molecular weight is 364 g/mol. The number of amides is 1. The van der Waals surface area contributed by atoms with Crippen molar-refractivity contribution in [2.75, 3.05) is 20.2 Å². The predicted molar refractivity (Wildman–Crippen MR) is 75.4 cm³/mol. The molecule has 0 spiro atoms. The van der Waals surface area contributed by atoms with Crippen LogP contribution in [0, 0.1) is 0 Å². The van der Waals surface area contributed by atoms with E-state index in [0.29, 0.717) is 11.3 Å². The lowest BCUT2D eigenvalue weighted by atomic mass is 10.1. The van der Waals surface area contributed by atoms with E-state index in [1.807, 2.05) is 0 Å². The summed E-state index contributed by atoms with van der Waals surface area (Å²) in [7, 11) is 1.44. The molecule has 1 aromatic rings. The molecule has 1 heterocycles. The SMILES string of the molecule is COc1cc(Br)ccc1C(=O)N1CC=C(C(F)(F)F)CC1. The molecular weight excluding hydrogens is 351 g/mol. The molecule has 1 aliphatic rings. The second kappa shape index (κ2) is 6.09. The Bertz CT molecular complexity index is 584. The third-order valence-electron chi connectivity index (χ3n) is 3.25. The zero-order valence-corrected chi connectivity index (χ0v) is 12.8. The van der Waals surface area contributed by atoms with E-state index in [0.717, 1.165) is 10.5 Å². The van der Waals surface area contributed by atoms with Crippen LogP contribution in [0.15, 0.2) is 34.3 Å². The third-order valence-corrected chi connectivity index (χ3v) is 3.75. The van der Waals surface area contributed by atoms with Gasteiger partial charge in [-0.15, -0.1) is 0 Å². The third kappa shape index (κ3) is 3.58. The van der Waals surface area contributed by atoms with Crippen LogP contribution < -0.4 is 4.74 Å². The number of nitrogens with zero attached hydrogens (tertiary/aromatic N) is 1. The Morgan fingerprint density at radius 2 is 2.10 bits per heavy atom. The molecule has 1 amide bonds. The summed E-state index contributed by atoms with van der Waals surface area (Å²) in [6, 6.07) is 4.93. The fourth-order valence-electron chi connectivity index (χ4n) is 2.12. The van der Waals surface area contributed by atoms with Crippen molar-refractivity contribution in [1.82, 2.24) is 4.90 Å². The van der Waals surface area contributed by atoms with Crippen LogP contribution in [0.5, 0.6) is 5.75 Å². The minimum atomic E-state index is -4.32. The van der Waals surface area contributed by atoms with Gasteiger partial charge in [0.1, 0.15) is 5.75 Å². The van der Waals surface area contributed by atoms with E-state index >= 15 is 0 Å². The van der Waals surface area contributed by atoms with Crippen LogP contribution in [0.2, 0.25) is 0 Å². The molecule has 1 aliphatic heterocycles. The first-order valence-electron chi connectivity index (χ1n) is 6.22. The van der Waals surface area contributed by atoms with Crippen molar-refractivity contribution >= 4 is 21.8 Å². The molecule has 1 aromatic carbocycles. The first kappa shape index (κ1) is 15.9. The maximum Gasteiger partial charge on any atom is 0.412 e. The van der Waals surface area contributed by atoms with Gasteiger partial charge in [-0.05, 0) is 24.6 Å². The summed E-state index contributed by atoms with van der Waals surface area (Å²) in [6.07, 6.45) is -3.44. The van der Waals surface area contributed by atoms with Gasteiger partial charge in [0.05, 0.1) is 12.7 Å². The highest BCUT2D eigenvalue weighted by molar-refractivity contribution is 9.10. The second-order valence-corrected chi connectivity index (χ2v) is 5.49. The lowest BCUT2D eigenvalue weighted by Crippen LogP contribution is -2.36. The highest BCUT2D eigenvalue weighted by Gasteiger charge is 2.35. The Morgan fingerprint density at radius 1 is 1.38 bits per heavy atom. The average Bonchev–Trinajstić information content (AvgIpc) is 2.45. The Kier molecular flexibility index (Phi) is 4.61. The number of methoxy groups -OCH3 is 1. The van der Waals surface area contributed by atoms with E-state index in [-0.39, 0.29) is 25.4 Å². The monoisotopic (exact) mass is 363 g/mol. The molecule has 0 unspecified atom stereocenters. The minimum Gasteiger partial charge on any atom is -0.496 e. The first-order valence-corrected chi connectivity index (χ1v) is 7.01. The lowest BCUT2D eigenvalue weighted by Gasteiger charge is -2.27. The van der Waals surface area contributed by atoms with Gasteiger partial charge < -0.3 is 9.64 Å². The molecule has 7 heteroatoms. The van der Waals surface area contributed by atoms with Crippen LogP contribution in [0.1, 0.15) is 16.8 Å². The fourth-order valence-corrected chi connectivity index (χ4v) is 2.46. The van der Waals surface area contributed by atoms with Crippen LogP contribution in [0.3, 0.4) is 0 Å². The Balaban J connectivity index is 2.18. The quantitative estimate of drug-likeness (QED) is 0.748. The van der Waals surface area contributed by atoms with E-state index in [1.54, 1.807) is 18.2 Å². The summed E-state index contributed by atoms with van der Waals surface area (Å²) in [6.45, 7) is -0.00368. The number of carbonyl (C=O) groups is 1. The van der Waals surface area contributed by atoms with E-state index < -0.39 is 11.7 Å². The largest absolute Gasteiger partial charge is 0.496 e. The normalized spacial score (nSPS) is 15.7. The molecule has 2 rings (SSSR count). The molecule has 0 fully saturated rings. The predicted octanol–water partition coefficient (Wildman–Crippen LogP) is 3.79. The van der Waals surface area contributed by atoms with Gasteiger partial charge >= 0.3 is 6.18 Å². The molecule has 3 nitrogen and oxygen atoms in total. The van der Waals surface area contributed by atoms with Crippen LogP contribution in [0.25, 0.3) is 0 Å². The highest BCUT2D eigenvalue weighted by Crippen LogP contribution is 2.31. The number of benzene rings is 1. The van der Waals surface area contributed by atoms with Gasteiger partial charge in [0.2, 0.25) is 0 Å². The zero-order chi connectivity index (χ0) is 15.6. The number of ether oxygens (including phenoxy) is 1. The zero-order valence-electron chi connectivity index (χ0n) is 11.2. The van der Waals surface area contributed by atoms with Gasteiger partial charge in [0.15, 0.2) is 0 Å². The van der Waals surface area contributed by atoms with Crippen LogP contribution in [-0.2, 0) is 0 Å². The molecule has 21 heavy (non-hydrogen) atoms. The minimum absolute atomic E-state index is 0.0450. The molecule has 0 aromatic heterocycles. The molecule has 0 radical (unpaired) electrons. The van der Waals surface area contributed by atoms with Crippen molar-refractivity contribution in [3.05, 3.63) is 39.9 Å². The Hall–Kier alpha value is -1.50. The summed E-state index contributed by atoms with van der Waals surface area (Å²) in [4.78, 5) is 13.7. The number of rotatable bonds is 2. The van der Waals surface area contributed by atoms with Crippen LogP contribution in [-0.4, -0.2) is 37.2 Å².